The van der Waals surface area contributed by atoms with Crippen molar-refractivity contribution < 1.29 is 28.9 Å². The maximum atomic E-state index is 13.2. The van der Waals surface area contributed by atoms with E-state index in [0.717, 1.165) is 10.8 Å². The summed E-state index contributed by atoms with van der Waals surface area (Å²) in [6, 6.07) is 27.1. The average molecular weight is 596 g/mol. The summed E-state index contributed by atoms with van der Waals surface area (Å²) < 4.78 is 18.1. The van der Waals surface area contributed by atoms with Crippen molar-refractivity contribution in [2.75, 3.05) is 17.7 Å². The van der Waals surface area contributed by atoms with Crippen LogP contribution in [-0.2, 0) is 14.3 Å². The average Bonchev–Trinajstić information content (AvgIpc) is 2.93. The zero-order valence-corrected chi connectivity index (χ0v) is 22.7. The Hall–Kier alpha value is -3.69. The van der Waals surface area contributed by atoms with Crippen molar-refractivity contribution in [3.8, 4) is 11.5 Å². The number of carbonyl (C=O) groups excluding carboxylic acids is 2. The number of para-hydroxylation sites is 1. The van der Waals surface area contributed by atoms with Crippen molar-refractivity contribution in [3.63, 3.8) is 0 Å². The highest BCUT2D eigenvalue weighted by Crippen LogP contribution is 2.35. The molecule has 0 radical (unpaired) electrons. The summed E-state index contributed by atoms with van der Waals surface area (Å²) >= 11 is 7.36. The molecule has 0 aliphatic heterocycles. The first-order valence-electron chi connectivity index (χ1n) is 11.9. The van der Waals surface area contributed by atoms with Gasteiger partial charge in [0, 0.05) is 21.8 Å². The lowest BCUT2D eigenvalue weighted by Gasteiger charge is -2.29. The first-order chi connectivity index (χ1) is 18.4. The van der Waals surface area contributed by atoms with E-state index in [2.05, 4.69) is 33.9 Å². The quantitative estimate of drug-likeness (QED) is 0.136. The molecule has 196 valence electrons. The Balaban J connectivity index is 1.65. The summed E-state index contributed by atoms with van der Waals surface area (Å²) in [4.78, 5) is 24.9. The van der Waals surface area contributed by atoms with Crippen LogP contribution in [0.3, 0.4) is 0 Å². The van der Waals surface area contributed by atoms with Crippen molar-refractivity contribution in [3.05, 3.63) is 101 Å². The number of aromatic hydroxyl groups is 1. The lowest BCUT2D eigenvalue weighted by molar-refractivity contribution is -0.141. The van der Waals surface area contributed by atoms with Gasteiger partial charge in [0.25, 0.3) is 0 Å². The predicted molar refractivity (Wildman–Crippen MR) is 153 cm³/mol. The molecular weight excluding hydrogens is 570 g/mol. The third kappa shape index (κ3) is 7.20. The van der Waals surface area contributed by atoms with E-state index in [1.165, 1.54) is 6.07 Å². The van der Waals surface area contributed by atoms with Gasteiger partial charge in [-0.15, -0.1) is 0 Å². The fraction of sp³-hybridized carbons (Fsp3) is 0.172. The minimum atomic E-state index is -1.06. The van der Waals surface area contributed by atoms with E-state index in [-0.39, 0.29) is 24.5 Å². The highest BCUT2D eigenvalue weighted by atomic mass is 79.9. The number of esters is 1. The molecule has 4 aromatic carbocycles. The van der Waals surface area contributed by atoms with Crippen molar-refractivity contribution >= 4 is 57.1 Å². The van der Waals surface area contributed by atoms with Crippen LogP contribution in [0.25, 0.3) is 10.8 Å². The van der Waals surface area contributed by atoms with Gasteiger partial charge in [0.1, 0.15) is 17.6 Å². The highest BCUT2D eigenvalue weighted by Gasteiger charge is 2.32. The van der Waals surface area contributed by atoms with E-state index in [4.69, 9.17) is 14.2 Å². The smallest absolute Gasteiger partial charge is 0.412 e. The molecule has 38 heavy (non-hydrogen) atoms. The van der Waals surface area contributed by atoms with E-state index in [1.54, 1.807) is 30.3 Å². The summed E-state index contributed by atoms with van der Waals surface area (Å²) in [5.41, 5.74) is 0.905. The van der Waals surface area contributed by atoms with E-state index in [1.807, 2.05) is 54.6 Å². The van der Waals surface area contributed by atoms with Gasteiger partial charge in [-0.3, -0.25) is 10.1 Å². The molecule has 0 fully saturated rings. The third-order valence-electron chi connectivity index (χ3n) is 5.72. The number of ether oxygens (including phenoxy) is 3. The number of rotatable bonds is 10. The number of hydrogen-bond acceptors (Lipinski definition) is 7. The van der Waals surface area contributed by atoms with Crippen LogP contribution >= 0.6 is 28.6 Å². The molecule has 0 bridgehead atoms. The van der Waals surface area contributed by atoms with Crippen LogP contribution in [-0.4, -0.2) is 35.6 Å². The predicted octanol–water partition coefficient (Wildman–Crippen LogP) is 6.91. The number of fused-ring (bicyclic) bond motifs is 1. The second-order valence-corrected chi connectivity index (χ2v) is 9.55. The number of phenols is 1. The number of nitrogens with one attached hydrogen (secondary N) is 1. The van der Waals surface area contributed by atoms with Gasteiger partial charge in [-0.25, -0.2) is 4.79 Å². The first-order valence-corrected chi connectivity index (χ1v) is 13.3. The van der Waals surface area contributed by atoms with Gasteiger partial charge >= 0.3 is 12.1 Å². The Morgan fingerprint density at radius 3 is 2.47 bits per heavy atom. The van der Waals surface area contributed by atoms with Gasteiger partial charge in [0.05, 0.1) is 18.0 Å². The Bertz CT molecular complexity index is 1400. The lowest BCUT2D eigenvalue weighted by Crippen LogP contribution is -2.32. The Morgan fingerprint density at radius 1 is 0.947 bits per heavy atom. The Morgan fingerprint density at radius 2 is 1.68 bits per heavy atom. The molecule has 2 atom stereocenters. The van der Waals surface area contributed by atoms with Crippen LogP contribution < -0.4 is 10.1 Å². The van der Waals surface area contributed by atoms with Gasteiger partial charge in [0.2, 0.25) is 0 Å². The van der Waals surface area contributed by atoms with Crippen LogP contribution in [0.4, 0.5) is 10.5 Å². The second kappa shape index (κ2) is 13.2. The zero-order chi connectivity index (χ0) is 26.9. The number of thiol groups is 1. The largest absolute Gasteiger partial charge is 0.508 e. The van der Waals surface area contributed by atoms with Crippen molar-refractivity contribution in [2.45, 2.75) is 18.6 Å². The maximum Gasteiger partial charge on any atom is 0.412 e. The fourth-order valence-electron chi connectivity index (χ4n) is 3.96. The molecule has 0 saturated carbocycles. The molecule has 2 N–H and O–H groups in total. The van der Waals surface area contributed by atoms with E-state index in [0.29, 0.717) is 21.5 Å². The molecule has 7 nitrogen and oxygen atoms in total. The number of halogens is 1. The van der Waals surface area contributed by atoms with Gasteiger partial charge in [-0.2, -0.15) is 12.6 Å². The maximum absolute atomic E-state index is 13.2. The summed E-state index contributed by atoms with van der Waals surface area (Å²) in [6.07, 6.45) is -2.44. The van der Waals surface area contributed by atoms with Crippen molar-refractivity contribution in [1.29, 1.82) is 0 Å². The minimum absolute atomic E-state index is 0.00351. The summed E-state index contributed by atoms with van der Waals surface area (Å²) in [6.45, 7) is -0.00351. The van der Waals surface area contributed by atoms with Crippen LogP contribution in [0, 0.1) is 0 Å². The van der Waals surface area contributed by atoms with Crippen LogP contribution in [0.2, 0.25) is 0 Å². The highest BCUT2D eigenvalue weighted by molar-refractivity contribution is 9.10. The number of hydrogen-bond donors (Lipinski definition) is 3. The molecule has 0 aliphatic rings. The number of amides is 1. The monoisotopic (exact) mass is 595 g/mol. The first kappa shape index (κ1) is 27.3. The molecule has 0 saturated heterocycles. The van der Waals surface area contributed by atoms with Gasteiger partial charge in [-0.1, -0.05) is 70.5 Å². The van der Waals surface area contributed by atoms with Crippen LogP contribution in [0.15, 0.2) is 95.5 Å². The summed E-state index contributed by atoms with van der Waals surface area (Å²) in [5.74, 6) is -0.103. The Kier molecular flexibility index (Phi) is 9.51. The van der Waals surface area contributed by atoms with Gasteiger partial charge in [-0.05, 0) is 41.8 Å². The fourth-order valence-corrected chi connectivity index (χ4v) is 4.43. The van der Waals surface area contributed by atoms with Gasteiger partial charge in [0.15, 0.2) is 6.10 Å². The van der Waals surface area contributed by atoms with Crippen LogP contribution in [0.1, 0.15) is 18.1 Å². The molecule has 1 amide bonds. The summed E-state index contributed by atoms with van der Waals surface area (Å²) in [5, 5.41) is 15.4. The minimum Gasteiger partial charge on any atom is -0.508 e. The molecular formula is C29H26BrNO6S. The third-order valence-corrected chi connectivity index (χ3v) is 6.47. The normalized spacial score (nSPS) is 12.4. The van der Waals surface area contributed by atoms with E-state index >= 15 is 0 Å². The van der Waals surface area contributed by atoms with Crippen LogP contribution in [0.5, 0.6) is 11.5 Å². The zero-order valence-electron chi connectivity index (χ0n) is 20.2. The molecule has 0 heterocycles. The number of phenolic OH excluding ortho intramolecular Hbond substituents is 1. The van der Waals surface area contributed by atoms with Crippen molar-refractivity contribution in [1.82, 2.24) is 0 Å². The topological polar surface area (TPSA) is 94.1 Å². The molecule has 0 aliphatic carbocycles. The van der Waals surface area contributed by atoms with Gasteiger partial charge < -0.3 is 19.3 Å². The van der Waals surface area contributed by atoms with Crippen molar-refractivity contribution in [2.24, 2.45) is 0 Å². The van der Waals surface area contributed by atoms with E-state index in [9.17, 15) is 14.7 Å². The number of carbonyl (C=O) groups is 2. The second-order valence-electron chi connectivity index (χ2n) is 8.32. The Labute approximate surface area is 234 Å². The summed E-state index contributed by atoms with van der Waals surface area (Å²) in [7, 11) is 0. The molecule has 0 spiro atoms. The molecule has 0 unspecified atom stereocenters. The van der Waals surface area contributed by atoms with E-state index < -0.39 is 24.3 Å². The lowest BCUT2D eigenvalue weighted by atomic mass is 10.0. The molecule has 0 aromatic heterocycles. The molecule has 9 heteroatoms. The molecule has 4 aromatic rings. The molecule has 4 rings (SSSR count). The number of benzene rings is 4. The standard InChI is InChI=1S/C29H26BrNO6S/c30-20-13-14-25(32)23(17-20)28(26(15-16-35-27(33)18-38)36-21-9-2-1-3-10-21)37-29(34)31-24-12-6-8-19-7-4-5-11-22(19)24/h1-14,17,26,28,32,38H,15-16,18H2,(H,31,34)/t26-,28-/m1/s1. The number of anilines is 1. The SMILES string of the molecule is O=C(CS)OCC[C@@H](Oc1ccccc1)[C@H](OC(=O)Nc1cccc2ccccc12)c1cc(Br)ccc1O.